The van der Waals surface area contributed by atoms with Gasteiger partial charge in [-0.3, -0.25) is 9.28 Å². The molecular formula is C19H22NO2+. The van der Waals surface area contributed by atoms with Crippen molar-refractivity contribution < 1.29 is 14.4 Å². The Labute approximate surface area is 131 Å². The number of hydrogen-bond acceptors (Lipinski definition) is 2. The van der Waals surface area contributed by atoms with Crippen molar-refractivity contribution in [3.63, 3.8) is 0 Å². The molecule has 1 N–H and O–H groups in total. The smallest absolute Gasteiger partial charge is 0.153 e. The van der Waals surface area contributed by atoms with Gasteiger partial charge in [0.25, 0.3) is 0 Å². The monoisotopic (exact) mass is 296 g/mol. The van der Waals surface area contributed by atoms with Crippen LogP contribution in [0.1, 0.15) is 27.5 Å². The number of carbonyl (C=O) groups is 1. The molecule has 1 atom stereocenters. The second kappa shape index (κ2) is 6.58. The summed E-state index contributed by atoms with van der Waals surface area (Å²) in [5.74, 6) is 0.0149. The summed E-state index contributed by atoms with van der Waals surface area (Å²) >= 11 is 0. The molecule has 2 aromatic carbocycles. The standard InChI is InChI=1S/C19H21NO2/c1-4-20(2,3)18(12-15-8-6-5-7-9-15)16-10-11-19(22)17(13-16)14-21/h4-11,13-14,18H,1,12H2,2-3H3/p+1. The number of aromatic hydroxyl groups is 1. The predicted octanol–water partition coefficient (Wildman–Crippen LogP) is 3.71. The van der Waals surface area contributed by atoms with Crippen molar-refractivity contribution in [3.8, 4) is 5.75 Å². The SMILES string of the molecule is C=C[N+](C)(C)C(Cc1ccccc1)c1ccc(O)c(C=O)c1. The fraction of sp³-hybridized carbons (Fsp3) is 0.211. The Morgan fingerprint density at radius 1 is 1.18 bits per heavy atom. The number of likely N-dealkylation sites (N-methyl/N-ethyl adjacent to an activating group) is 1. The summed E-state index contributed by atoms with van der Waals surface area (Å²) in [6, 6.07) is 15.6. The molecule has 0 saturated carbocycles. The highest BCUT2D eigenvalue weighted by Gasteiger charge is 2.28. The fourth-order valence-electron chi connectivity index (χ4n) is 2.58. The molecule has 0 fully saturated rings. The van der Waals surface area contributed by atoms with Crippen molar-refractivity contribution >= 4 is 6.29 Å². The summed E-state index contributed by atoms with van der Waals surface area (Å²) in [5, 5.41) is 9.71. The first-order valence-corrected chi connectivity index (χ1v) is 7.27. The Hall–Kier alpha value is -2.39. The summed E-state index contributed by atoms with van der Waals surface area (Å²) in [7, 11) is 4.15. The van der Waals surface area contributed by atoms with Gasteiger partial charge in [-0.2, -0.15) is 0 Å². The van der Waals surface area contributed by atoms with Crippen LogP contribution < -0.4 is 0 Å². The molecule has 114 valence electrons. The minimum atomic E-state index is 0.0149. The average molecular weight is 296 g/mol. The average Bonchev–Trinajstić information content (AvgIpc) is 2.54. The van der Waals surface area contributed by atoms with Crippen molar-refractivity contribution in [2.24, 2.45) is 0 Å². The summed E-state index contributed by atoms with van der Waals surface area (Å²) in [4.78, 5) is 11.1. The molecule has 0 heterocycles. The van der Waals surface area contributed by atoms with Gasteiger partial charge >= 0.3 is 0 Å². The van der Waals surface area contributed by atoms with Gasteiger partial charge in [-0.25, -0.2) is 0 Å². The molecular weight excluding hydrogens is 274 g/mol. The highest BCUT2D eigenvalue weighted by atomic mass is 16.3. The zero-order valence-corrected chi connectivity index (χ0v) is 13.1. The van der Waals surface area contributed by atoms with E-state index in [0.29, 0.717) is 16.3 Å². The van der Waals surface area contributed by atoms with Crippen molar-refractivity contribution in [2.75, 3.05) is 14.1 Å². The number of phenolic OH excluding ortho intramolecular Hbond substituents is 1. The Morgan fingerprint density at radius 3 is 2.45 bits per heavy atom. The molecule has 0 aliphatic heterocycles. The Morgan fingerprint density at radius 2 is 1.86 bits per heavy atom. The van der Waals surface area contributed by atoms with Crippen molar-refractivity contribution in [1.82, 2.24) is 0 Å². The molecule has 0 saturated heterocycles. The zero-order valence-electron chi connectivity index (χ0n) is 13.1. The first kappa shape index (κ1) is 16.0. The van der Waals surface area contributed by atoms with Gasteiger partial charge in [0.05, 0.1) is 25.9 Å². The molecule has 0 spiro atoms. The molecule has 3 heteroatoms. The van der Waals surface area contributed by atoms with E-state index in [0.717, 1.165) is 12.0 Å². The number of aldehydes is 1. The quantitative estimate of drug-likeness (QED) is 0.652. The molecule has 0 amide bonds. The topological polar surface area (TPSA) is 37.3 Å². The largest absolute Gasteiger partial charge is 0.507 e. The van der Waals surface area contributed by atoms with Crippen LogP contribution in [-0.4, -0.2) is 30.0 Å². The van der Waals surface area contributed by atoms with Gasteiger partial charge in [-0.1, -0.05) is 30.3 Å². The molecule has 0 aromatic heterocycles. The van der Waals surface area contributed by atoms with E-state index in [1.807, 2.05) is 30.5 Å². The number of quaternary nitrogens is 1. The summed E-state index contributed by atoms with van der Waals surface area (Å²) < 4.78 is 0.581. The lowest BCUT2D eigenvalue weighted by Gasteiger charge is -2.35. The lowest BCUT2D eigenvalue weighted by molar-refractivity contribution is -0.871. The highest BCUT2D eigenvalue weighted by Crippen LogP contribution is 2.31. The minimum Gasteiger partial charge on any atom is -0.507 e. The van der Waals surface area contributed by atoms with E-state index < -0.39 is 0 Å². The van der Waals surface area contributed by atoms with Crippen molar-refractivity contribution in [3.05, 3.63) is 78.0 Å². The maximum atomic E-state index is 11.1. The van der Waals surface area contributed by atoms with Crippen LogP contribution in [-0.2, 0) is 6.42 Å². The number of nitrogens with zero attached hydrogens (tertiary/aromatic N) is 1. The molecule has 22 heavy (non-hydrogen) atoms. The van der Waals surface area contributed by atoms with Crippen LogP contribution in [0.15, 0.2) is 61.3 Å². The van der Waals surface area contributed by atoms with E-state index in [4.69, 9.17) is 0 Å². The molecule has 0 aliphatic carbocycles. The number of phenols is 1. The fourth-order valence-corrected chi connectivity index (χ4v) is 2.58. The lowest BCUT2D eigenvalue weighted by Crippen LogP contribution is -2.38. The molecule has 3 nitrogen and oxygen atoms in total. The van der Waals surface area contributed by atoms with E-state index in [9.17, 15) is 9.90 Å². The van der Waals surface area contributed by atoms with Crippen LogP contribution in [0, 0.1) is 0 Å². The zero-order chi connectivity index (χ0) is 16.2. The van der Waals surface area contributed by atoms with Gasteiger partial charge in [-0.05, 0) is 30.3 Å². The minimum absolute atomic E-state index is 0.0149. The number of rotatable bonds is 6. The molecule has 1 unspecified atom stereocenters. The number of carbonyl (C=O) groups excluding carboxylic acids is 1. The van der Waals surface area contributed by atoms with Crippen LogP contribution in [0.4, 0.5) is 0 Å². The van der Waals surface area contributed by atoms with E-state index >= 15 is 0 Å². The predicted molar refractivity (Wildman–Crippen MR) is 88.7 cm³/mol. The first-order valence-electron chi connectivity index (χ1n) is 7.27. The van der Waals surface area contributed by atoms with Gasteiger partial charge in [0.1, 0.15) is 11.8 Å². The molecule has 0 radical (unpaired) electrons. The van der Waals surface area contributed by atoms with E-state index in [1.54, 1.807) is 12.1 Å². The van der Waals surface area contributed by atoms with Crippen LogP contribution in [0.5, 0.6) is 5.75 Å². The lowest BCUT2D eigenvalue weighted by atomic mass is 9.95. The highest BCUT2D eigenvalue weighted by molar-refractivity contribution is 5.79. The third-order valence-corrected chi connectivity index (χ3v) is 4.11. The van der Waals surface area contributed by atoms with Gasteiger partial charge in [0, 0.05) is 12.0 Å². The molecule has 2 rings (SSSR count). The maximum Gasteiger partial charge on any atom is 0.153 e. The van der Waals surface area contributed by atoms with Gasteiger partial charge in [0.15, 0.2) is 6.29 Å². The molecule has 0 bridgehead atoms. The van der Waals surface area contributed by atoms with Gasteiger partial charge < -0.3 is 5.11 Å². The van der Waals surface area contributed by atoms with Gasteiger partial charge in [0.2, 0.25) is 0 Å². The summed E-state index contributed by atoms with van der Waals surface area (Å²) in [6.45, 7) is 3.93. The molecule has 0 aliphatic rings. The normalized spacial score (nSPS) is 12.6. The Kier molecular flexibility index (Phi) is 4.78. The van der Waals surface area contributed by atoms with Crippen molar-refractivity contribution in [2.45, 2.75) is 12.5 Å². The first-order chi connectivity index (χ1) is 10.5. The van der Waals surface area contributed by atoms with Crippen LogP contribution in [0.25, 0.3) is 0 Å². The van der Waals surface area contributed by atoms with Crippen LogP contribution in [0.3, 0.4) is 0 Å². The Balaban J connectivity index is 2.45. The third-order valence-electron chi connectivity index (χ3n) is 4.11. The second-order valence-electron chi connectivity index (χ2n) is 5.95. The van der Waals surface area contributed by atoms with Gasteiger partial charge in [-0.15, -0.1) is 0 Å². The number of hydrogen-bond donors (Lipinski definition) is 1. The summed E-state index contributed by atoms with van der Waals surface area (Å²) in [6.07, 6.45) is 3.40. The molecule has 2 aromatic rings. The van der Waals surface area contributed by atoms with E-state index in [-0.39, 0.29) is 11.8 Å². The van der Waals surface area contributed by atoms with E-state index in [1.165, 1.54) is 5.56 Å². The van der Waals surface area contributed by atoms with Crippen molar-refractivity contribution in [1.29, 1.82) is 0 Å². The maximum absolute atomic E-state index is 11.1. The second-order valence-corrected chi connectivity index (χ2v) is 5.95. The van der Waals surface area contributed by atoms with Crippen LogP contribution in [0.2, 0.25) is 0 Å². The van der Waals surface area contributed by atoms with E-state index in [2.05, 4.69) is 32.8 Å². The summed E-state index contributed by atoms with van der Waals surface area (Å²) in [5.41, 5.74) is 2.55. The third kappa shape index (κ3) is 3.43. The Bertz CT molecular complexity index is 662. The van der Waals surface area contributed by atoms with Crippen LogP contribution >= 0.6 is 0 Å². The number of benzene rings is 2.